The molecule has 6 heteroatoms. The summed E-state index contributed by atoms with van der Waals surface area (Å²) >= 11 is 3.02. The van der Waals surface area contributed by atoms with Gasteiger partial charge in [0.2, 0.25) is 0 Å². The van der Waals surface area contributed by atoms with Crippen LogP contribution < -0.4 is 5.32 Å². The van der Waals surface area contributed by atoms with Crippen molar-refractivity contribution in [1.82, 2.24) is 10.3 Å². The fourth-order valence-electron chi connectivity index (χ4n) is 1.52. The number of hydrogen-bond donors (Lipinski definition) is 1. The third-order valence-corrected chi connectivity index (χ3v) is 3.70. The Hall–Kier alpha value is -1.84. The molecular formula is C13H12N4S2. The third kappa shape index (κ3) is 3.56. The Morgan fingerprint density at radius 3 is 3.00 bits per heavy atom. The van der Waals surface area contributed by atoms with Crippen LogP contribution in [0.1, 0.15) is 5.01 Å². The summed E-state index contributed by atoms with van der Waals surface area (Å²) in [6.07, 6.45) is 3.75. The van der Waals surface area contributed by atoms with E-state index in [1.54, 1.807) is 11.3 Å². The van der Waals surface area contributed by atoms with Crippen molar-refractivity contribution < 1.29 is 0 Å². The fraction of sp³-hybridized carbons (Fsp3) is 0.154. The molecule has 0 saturated carbocycles. The van der Waals surface area contributed by atoms with E-state index in [0.29, 0.717) is 5.17 Å². The number of aliphatic imine (C=N–C) groups is 1. The molecule has 0 atom stereocenters. The molecule has 0 amide bonds. The van der Waals surface area contributed by atoms with Gasteiger partial charge < -0.3 is 0 Å². The van der Waals surface area contributed by atoms with Gasteiger partial charge in [-0.05, 0) is 25.3 Å². The number of nitrogens with zero attached hydrogens (tertiary/aromatic N) is 3. The average molecular weight is 288 g/mol. The summed E-state index contributed by atoms with van der Waals surface area (Å²) in [7, 11) is 0. The van der Waals surface area contributed by atoms with Crippen LogP contribution in [0.4, 0.5) is 5.69 Å². The normalized spacial score (nSPS) is 11.1. The van der Waals surface area contributed by atoms with Gasteiger partial charge in [0.1, 0.15) is 0 Å². The second-order valence-electron chi connectivity index (χ2n) is 3.66. The molecule has 0 spiro atoms. The number of nitrogens with one attached hydrogen (secondary N) is 1. The van der Waals surface area contributed by atoms with Crippen LogP contribution in [0.3, 0.4) is 0 Å². The summed E-state index contributed by atoms with van der Waals surface area (Å²) in [4.78, 5) is 8.84. The number of aryl methyl sites for hydroxylation is 1. The summed E-state index contributed by atoms with van der Waals surface area (Å²) < 4.78 is 0. The summed E-state index contributed by atoms with van der Waals surface area (Å²) in [6, 6.07) is 7.80. The van der Waals surface area contributed by atoms with Gasteiger partial charge in [-0.25, -0.2) is 9.98 Å². The van der Waals surface area contributed by atoms with Crippen molar-refractivity contribution >= 4 is 34.0 Å². The van der Waals surface area contributed by atoms with Crippen LogP contribution in [0, 0.1) is 18.4 Å². The van der Waals surface area contributed by atoms with E-state index in [-0.39, 0.29) is 0 Å². The molecule has 2 aromatic rings. The van der Waals surface area contributed by atoms with E-state index in [2.05, 4.69) is 15.3 Å². The van der Waals surface area contributed by atoms with Gasteiger partial charge in [-0.2, -0.15) is 5.26 Å². The SMILES string of the molecule is CSC(=Nc1cccc(-c2csc(C)n2)c1)NC#N. The Balaban J connectivity index is 2.32. The van der Waals surface area contributed by atoms with Crippen LogP contribution in [-0.4, -0.2) is 16.4 Å². The van der Waals surface area contributed by atoms with Crippen LogP contribution in [0.5, 0.6) is 0 Å². The average Bonchev–Trinajstić information content (AvgIpc) is 2.85. The number of amidine groups is 1. The zero-order chi connectivity index (χ0) is 13.7. The Labute approximate surface area is 120 Å². The Kier molecular flexibility index (Phi) is 4.55. The van der Waals surface area contributed by atoms with Crippen molar-refractivity contribution in [3.63, 3.8) is 0 Å². The van der Waals surface area contributed by atoms with Gasteiger partial charge in [0.15, 0.2) is 11.4 Å². The van der Waals surface area contributed by atoms with Gasteiger partial charge in [0.25, 0.3) is 0 Å². The van der Waals surface area contributed by atoms with E-state index >= 15 is 0 Å². The summed E-state index contributed by atoms with van der Waals surface area (Å²) in [5.41, 5.74) is 2.79. The Morgan fingerprint density at radius 2 is 2.37 bits per heavy atom. The summed E-state index contributed by atoms with van der Waals surface area (Å²) in [6.45, 7) is 1.98. The van der Waals surface area contributed by atoms with E-state index in [4.69, 9.17) is 5.26 Å². The first kappa shape index (κ1) is 13.6. The lowest BCUT2D eigenvalue weighted by Gasteiger charge is -2.01. The molecule has 1 heterocycles. The number of thiazole rings is 1. The van der Waals surface area contributed by atoms with E-state index < -0.39 is 0 Å². The maximum Gasteiger partial charge on any atom is 0.183 e. The molecule has 1 aromatic carbocycles. The second kappa shape index (κ2) is 6.36. The summed E-state index contributed by atoms with van der Waals surface area (Å²) in [5.74, 6) is 0. The molecule has 1 aromatic heterocycles. The minimum absolute atomic E-state index is 0.578. The third-order valence-electron chi connectivity index (χ3n) is 2.35. The first-order valence-corrected chi connectivity index (χ1v) is 7.63. The maximum atomic E-state index is 8.62. The number of benzene rings is 1. The predicted molar refractivity (Wildman–Crippen MR) is 81.6 cm³/mol. The van der Waals surface area contributed by atoms with Crippen molar-refractivity contribution in [1.29, 1.82) is 5.26 Å². The molecule has 0 saturated heterocycles. The molecule has 0 aliphatic rings. The molecule has 0 aliphatic carbocycles. The van der Waals surface area contributed by atoms with Crippen molar-refractivity contribution in [3.05, 3.63) is 34.7 Å². The molecule has 96 valence electrons. The van der Waals surface area contributed by atoms with Gasteiger partial charge in [0.05, 0.1) is 16.4 Å². The highest BCUT2D eigenvalue weighted by Gasteiger charge is 2.03. The molecule has 4 nitrogen and oxygen atoms in total. The zero-order valence-corrected chi connectivity index (χ0v) is 12.2. The minimum atomic E-state index is 0.578. The van der Waals surface area contributed by atoms with Crippen LogP contribution in [-0.2, 0) is 0 Å². The number of hydrogen-bond acceptors (Lipinski definition) is 5. The van der Waals surface area contributed by atoms with Crippen LogP contribution in [0.25, 0.3) is 11.3 Å². The molecule has 0 fully saturated rings. The van der Waals surface area contributed by atoms with E-state index in [9.17, 15) is 0 Å². The van der Waals surface area contributed by atoms with Gasteiger partial charge >= 0.3 is 0 Å². The standard InChI is InChI=1S/C13H12N4S2/c1-9-16-12(7-19-9)10-4-3-5-11(6-10)17-13(18-2)15-8-14/h3-7H,1-2H3,(H,15,17). The highest BCUT2D eigenvalue weighted by atomic mass is 32.2. The molecule has 0 aliphatic heterocycles. The first-order valence-electron chi connectivity index (χ1n) is 5.53. The molecule has 19 heavy (non-hydrogen) atoms. The molecular weight excluding hydrogens is 276 g/mol. The Morgan fingerprint density at radius 1 is 1.53 bits per heavy atom. The Bertz CT molecular complexity index is 640. The quantitative estimate of drug-likeness (QED) is 0.397. The zero-order valence-electron chi connectivity index (χ0n) is 10.5. The number of thioether (sulfide) groups is 1. The van der Waals surface area contributed by atoms with E-state index in [0.717, 1.165) is 22.0 Å². The van der Waals surface area contributed by atoms with E-state index in [1.807, 2.05) is 49.0 Å². The lowest BCUT2D eigenvalue weighted by molar-refractivity contribution is 1.27. The highest BCUT2D eigenvalue weighted by Crippen LogP contribution is 2.25. The van der Waals surface area contributed by atoms with Crippen molar-refractivity contribution in [2.75, 3.05) is 6.26 Å². The monoisotopic (exact) mass is 288 g/mol. The maximum absolute atomic E-state index is 8.62. The molecule has 1 N–H and O–H groups in total. The first-order chi connectivity index (χ1) is 9.22. The molecule has 0 bridgehead atoms. The van der Waals surface area contributed by atoms with Crippen LogP contribution >= 0.6 is 23.1 Å². The highest BCUT2D eigenvalue weighted by molar-refractivity contribution is 8.13. The lowest BCUT2D eigenvalue weighted by Crippen LogP contribution is -2.12. The second-order valence-corrected chi connectivity index (χ2v) is 5.52. The van der Waals surface area contributed by atoms with Gasteiger partial charge in [-0.1, -0.05) is 23.9 Å². The topological polar surface area (TPSA) is 61.1 Å². The van der Waals surface area contributed by atoms with Crippen molar-refractivity contribution in [2.45, 2.75) is 6.92 Å². The largest absolute Gasteiger partial charge is 0.271 e. The number of nitriles is 1. The van der Waals surface area contributed by atoms with Gasteiger partial charge in [-0.3, -0.25) is 5.32 Å². The number of rotatable bonds is 2. The van der Waals surface area contributed by atoms with Crippen molar-refractivity contribution in [2.24, 2.45) is 4.99 Å². The van der Waals surface area contributed by atoms with Crippen LogP contribution in [0.2, 0.25) is 0 Å². The van der Waals surface area contributed by atoms with Gasteiger partial charge in [0, 0.05) is 10.9 Å². The molecule has 0 radical (unpaired) electrons. The van der Waals surface area contributed by atoms with Crippen molar-refractivity contribution in [3.8, 4) is 17.5 Å². The number of aromatic nitrogens is 1. The minimum Gasteiger partial charge on any atom is -0.271 e. The van der Waals surface area contributed by atoms with E-state index in [1.165, 1.54) is 11.8 Å². The predicted octanol–water partition coefficient (Wildman–Crippen LogP) is 3.54. The smallest absolute Gasteiger partial charge is 0.183 e. The van der Waals surface area contributed by atoms with Gasteiger partial charge in [-0.15, -0.1) is 11.3 Å². The molecule has 2 rings (SSSR count). The lowest BCUT2D eigenvalue weighted by atomic mass is 10.1. The van der Waals surface area contributed by atoms with Crippen LogP contribution in [0.15, 0.2) is 34.6 Å². The summed E-state index contributed by atoms with van der Waals surface area (Å²) in [5, 5.41) is 14.8. The fourth-order valence-corrected chi connectivity index (χ4v) is 2.49. The molecule has 0 unspecified atom stereocenters.